The third-order valence-electron chi connectivity index (χ3n) is 4.61. The highest BCUT2D eigenvalue weighted by Crippen LogP contribution is 2.26. The van der Waals surface area contributed by atoms with Crippen molar-refractivity contribution in [2.45, 2.75) is 33.2 Å². The molecule has 4 nitrogen and oxygen atoms in total. The Morgan fingerprint density at radius 2 is 1.88 bits per heavy atom. The maximum Gasteiger partial charge on any atom is 0.308 e. The predicted octanol–water partition coefficient (Wildman–Crippen LogP) is 3.28. The molecule has 1 fully saturated rings. The molecule has 3 rings (SSSR count). The van der Waals surface area contributed by atoms with Gasteiger partial charge in [-0.15, -0.1) is 0 Å². The van der Waals surface area contributed by atoms with E-state index >= 15 is 0 Å². The van der Waals surface area contributed by atoms with E-state index in [0.29, 0.717) is 11.6 Å². The van der Waals surface area contributed by atoms with Crippen LogP contribution in [0.4, 0.5) is 4.39 Å². The molecule has 0 spiro atoms. The number of carbonyl (C=O) groups excluding carboxylic acids is 1. The molecule has 1 aromatic carbocycles. The highest BCUT2D eigenvalue weighted by atomic mass is 32.1. The molecule has 1 aliphatic heterocycles. The Morgan fingerprint density at radius 3 is 2.50 bits per heavy atom. The predicted molar refractivity (Wildman–Crippen MR) is 93.7 cm³/mol. The number of rotatable bonds is 3. The Morgan fingerprint density at radius 1 is 1.25 bits per heavy atom. The molecule has 1 aliphatic rings. The number of aryl methyl sites for hydroxylation is 1. The molecule has 2 heterocycles. The van der Waals surface area contributed by atoms with E-state index in [2.05, 4.69) is 6.92 Å². The summed E-state index contributed by atoms with van der Waals surface area (Å²) in [5.41, 5.74) is 1.47. The van der Waals surface area contributed by atoms with Crippen molar-refractivity contribution in [1.29, 1.82) is 0 Å². The molecule has 0 radical (unpaired) electrons. The molecule has 0 bridgehead atoms. The summed E-state index contributed by atoms with van der Waals surface area (Å²) < 4.78 is 14.7. The fourth-order valence-electron chi connectivity index (χ4n) is 3.12. The van der Waals surface area contributed by atoms with Gasteiger partial charge in [0.05, 0.1) is 5.69 Å². The first-order chi connectivity index (χ1) is 11.5. The molecular formula is C18H21FN2O2S. The number of likely N-dealkylation sites (tertiary alicyclic amines) is 1. The maximum absolute atomic E-state index is 13.2. The molecular weight excluding hydrogens is 327 g/mol. The Kier molecular flexibility index (Phi) is 4.85. The number of halogens is 1. The fraction of sp³-hybridized carbons (Fsp3) is 0.444. The van der Waals surface area contributed by atoms with E-state index in [-0.39, 0.29) is 23.1 Å². The Balaban J connectivity index is 1.87. The topological polar surface area (TPSA) is 42.3 Å². The quantitative estimate of drug-likeness (QED) is 0.854. The Labute approximate surface area is 144 Å². The summed E-state index contributed by atoms with van der Waals surface area (Å²) in [6.07, 6.45) is 2.02. The normalized spacial score (nSPS) is 15.7. The highest BCUT2D eigenvalue weighted by molar-refractivity contribution is 7.09. The lowest BCUT2D eigenvalue weighted by atomic mass is 9.99. The first kappa shape index (κ1) is 16.9. The van der Waals surface area contributed by atoms with E-state index in [4.69, 9.17) is 0 Å². The second-order valence-corrected chi connectivity index (χ2v) is 7.59. The van der Waals surface area contributed by atoms with Crippen molar-refractivity contribution >= 4 is 17.2 Å². The summed E-state index contributed by atoms with van der Waals surface area (Å²) >= 11 is 1.13. The molecule has 0 aliphatic carbocycles. The first-order valence-electron chi connectivity index (χ1n) is 8.19. The smallest absolute Gasteiger partial charge is 0.308 e. The number of amides is 1. The largest absolute Gasteiger partial charge is 0.341 e. The number of piperidine rings is 1. The van der Waals surface area contributed by atoms with Gasteiger partial charge in [0.2, 0.25) is 5.91 Å². The summed E-state index contributed by atoms with van der Waals surface area (Å²) in [7, 11) is 0. The second-order valence-electron chi connectivity index (χ2n) is 6.43. The molecule has 24 heavy (non-hydrogen) atoms. The molecule has 128 valence electrons. The Bertz CT molecular complexity index is 786. The first-order valence-corrected chi connectivity index (χ1v) is 9.01. The lowest BCUT2D eigenvalue weighted by Crippen LogP contribution is -2.40. The number of thiazole rings is 1. The number of benzene rings is 1. The monoisotopic (exact) mass is 348 g/mol. The van der Waals surface area contributed by atoms with Gasteiger partial charge in [-0.3, -0.25) is 14.2 Å². The molecule has 0 saturated carbocycles. The van der Waals surface area contributed by atoms with Crippen molar-refractivity contribution in [3.05, 3.63) is 44.6 Å². The van der Waals surface area contributed by atoms with Gasteiger partial charge in [0.15, 0.2) is 0 Å². The average Bonchev–Trinajstić information content (AvgIpc) is 2.83. The van der Waals surface area contributed by atoms with Gasteiger partial charge >= 0.3 is 4.87 Å². The van der Waals surface area contributed by atoms with Gasteiger partial charge in [0.1, 0.15) is 12.4 Å². The zero-order chi connectivity index (χ0) is 17.3. The van der Waals surface area contributed by atoms with Gasteiger partial charge in [-0.2, -0.15) is 0 Å². The van der Waals surface area contributed by atoms with Crippen LogP contribution in [0.3, 0.4) is 0 Å². The molecule has 1 saturated heterocycles. The Hall–Kier alpha value is -1.95. The second kappa shape index (κ2) is 6.89. The van der Waals surface area contributed by atoms with Gasteiger partial charge in [0.25, 0.3) is 0 Å². The van der Waals surface area contributed by atoms with Crippen molar-refractivity contribution in [2.75, 3.05) is 13.1 Å². The lowest BCUT2D eigenvalue weighted by Gasteiger charge is -2.30. The fourth-order valence-corrected chi connectivity index (χ4v) is 3.97. The van der Waals surface area contributed by atoms with Crippen molar-refractivity contribution in [2.24, 2.45) is 5.92 Å². The van der Waals surface area contributed by atoms with Crippen LogP contribution >= 0.6 is 11.3 Å². The summed E-state index contributed by atoms with van der Waals surface area (Å²) in [4.78, 5) is 27.4. The molecule has 0 unspecified atom stereocenters. The zero-order valence-corrected chi connectivity index (χ0v) is 14.7. The maximum atomic E-state index is 13.2. The van der Waals surface area contributed by atoms with E-state index < -0.39 is 0 Å². The summed E-state index contributed by atoms with van der Waals surface area (Å²) in [5.74, 6) is 0.305. The number of carbonyl (C=O) groups is 1. The van der Waals surface area contributed by atoms with Crippen LogP contribution in [0.15, 0.2) is 29.1 Å². The minimum absolute atomic E-state index is 0.0230. The molecule has 2 aromatic rings. The van der Waals surface area contributed by atoms with Crippen LogP contribution < -0.4 is 4.87 Å². The number of nitrogens with zero attached hydrogens (tertiary/aromatic N) is 2. The molecule has 0 N–H and O–H groups in total. The van der Waals surface area contributed by atoms with Crippen molar-refractivity contribution < 1.29 is 9.18 Å². The van der Waals surface area contributed by atoms with Crippen LogP contribution in [0.1, 0.15) is 24.6 Å². The minimum Gasteiger partial charge on any atom is -0.341 e. The molecule has 1 aromatic heterocycles. The third kappa shape index (κ3) is 3.43. The van der Waals surface area contributed by atoms with Gasteiger partial charge in [-0.05, 0) is 55.5 Å². The van der Waals surface area contributed by atoms with Gasteiger partial charge in [0, 0.05) is 18.0 Å². The van der Waals surface area contributed by atoms with E-state index in [0.717, 1.165) is 47.7 Å². The summed E-state index contributed by atoms with van der Waals surface area (Å²) in [6.45, 7) is 5.60. The van der Waals surface area contributed by atoms with Crippen LogP contribution in [-0.4, -0.2) is 28.5 Å². The van der Waals surface area contributed by atoms with E-state index in [9.17, 15) is 14.0 Å². The van der Waals surface area contributed by atoms with Crippen LogP contribution in [0.5, 0.6) is 0 Å². The zero-order valence-electron chi connectivity index (χ0n) is 13.9. The summed E-state index contributed by atoms with van der Waals surface area (Å²) in [6, 6.07) is 6.03. The molecule has 0 atom stereocenters. The lowest BCUT2D eigenvalue weighted by molar-refractivity contribution is -0.133. The van der Waals surface area contributed by atoms with E-state index in [1.165, 1.54) is 16.7 Å². The van der Waals surface area contributed by atoms with Crippen LogP contribution in [0.2, 0.25) is 0 Å². The van der Waals surface area contributed by atoms with Gasteiger partial charge in [-0.25, -0.2) is 4.39 Å². The molecule has 1 amide bonds. The van der Waals surface area contributed by atoms with Crippen LogP contribution in [-0.2, 0) is 11.3 Å². The van der Waals surface area contributed by atoms with Gasteiger partial charge < -0.3 is 4.90 Å². The summed E-state index contributed by atoms with van der Waals surface area (Å²) in [5, 5.41) is 0. The van der Waals surface area contributed by atoms with Crippen molar-refractivity contribution in [1.82, 2.24) is 9.47 Å². The number of aromatic nitrogens is 1. The third-order valence-corrected chi connectivity index (χ3v) is 5.51. The standard InChI is InChI=1S/C18H21FN2O2S/c1-12-7-9-20(10-8-12)16(22)11-21-17(13(2)24-18(21)23)14-3-5-15(19)6-4-14/h3-6,12H,7-11H2,1-2H3. The minimum atomic E-state index is -0.320. The van der Waals surface area contributed by atoms with Crippen molar-refractivity contribution in [3.63, 3.8) is 0 Å². The highest BCUT2D eigenvalue weighted by Gasteiger charge is 2.23. The van der Waals surface area contributed by atoms with E-state index in [1.54, 1.807) is 12.1 Å². The average molecular weight is 348 g/mol. The van der Waals surface area contributed by atoms with Crippen LogP contribution in [0, 0.1) is 18.7 Å². The number of hydrogen-bond acceptors (Lipinski definition) is 3. The molecule has 6 heteroatoms. The SMILES string of the molecule is Cc1sc(=O)n(CC(=O)N2CCC(C)CC2)c1-c1ccc(F)cc1. The van der Waals surface area contributed by atoms with Gasteiger partial charge in [-0.1, -0.05) is 18.3 Å². The number of hydrogen-bond donors (Lipinski definition) is 0. The van der Waals surface area contributed by atoms with Crippen molar-refractivity contribution in [3.8, 4) is 11.3 Å². The van der Waals surface area contributed by atoms with Crippen LogP contribution in [0.25, 0.3) is 11.3 Å². The van der Waals surface area contributed by atoms with E-state index in [1.807, 2.05) is 11.8 Å².